The molecule has 1 saturated heterocycles. The third-order valence-corrected chi connectivity index (χ3v) is 3.63. The first-order valence-electron chi connectivity index (χ1n) is 6.99. The van der Waals surface area contributed by atoms with Gasteiger partial charge < -0.3 is 10.2 Å². The summed E-state index contributed by atoms with van der Waals surface area (Å²) in [6.45, 7) is 0.393. The third-order valence-electron chi connectivity index (χ3n) is 3.63. The summed E-state index contributed by atoms with van der Waals surface area (Å²) in [5.41, 5.74) is 0.125. The summed E-state index contributed by atoms with van der Waals surface area (Å²) in [7, 11) is 0. The van der Waals surface area contributed by atoms with Gasteiger partial charge in [0.25, 0.3) is 5.69 Å². The molecule has 1 aliphatic rings. The number of rotatable bonds is 4. The predicted octanol–water partition coefficient (Wildman–Crippen LogP) is 2.35. The second-order valence-corrected chi connectivity index (χ2v) is 5.09. The Hall–Kier alpha value is -3.03. The number of halogens is 1. The molecule has 23 heavy (non-hydrogen) atoms. The zero-order valence-corrected chi connectivity index (χ0v) is 12.0. The molecule has 1 aromatic heterocycles. The fourth-order valence-electron chi connectivity index (χ4n) is 2.48. The molecule has 8 heteroatoms. The first kappa shape index (κ1) is 14.9. The lowest BCUT2D eigenvalue weighted by atomic mass is 10.2. The summed E-state index contributed by atoms with van der Waals surface area (Å²) in [5.74, 6) is -0.338. The van der Waals surface area contributed by atoms with Crippen LogP contribution in [0.4, 0.5) is 21.6 Å². The Labute approximate surface area is 130 Å². The van der Waals surface area contributed by atoms with Crippen molar-refractivity contribution in [1.82, 2.24) is 4.98 Å². The van der Waals surface area contributed by atoms with Gasteiger partial charge in [0.15, 0.2) is 0 Å². The Morgan fingerprint density at radius 2 is 2.09 bits per heavy atom. The van der Waals surface area contributed by atoms with Crippen molar-refractivity contribution in [2.75, 3.05) is 16.8 Å². The Morgan fingerprint density at radius 1 is 1.30 bits per heavy atom. The van der Waals surface area contributed by atoms with Crippen molar-refractivity contribution >= 4 is 23.1 Å². The van der Waals surface area contributed by atoms with Crippen LogP contribution in [0.3, 0.4) is 0 Å². The van der Waals surface area contributed by atoms with Crippen LogP contribution in [0.1, 0.15) is 6.42 Å². The molecule has 0 unspecified atom stereocenters. The fraction of sp³-hybridized carbons (Fsp3) is 0.200. The maximum absolute atomic E-state index is 13.8. The Bertz CT molecular complexity index is 751. The highest BCUT2D eigenvalue weighted by Gasteiger charge is 2.33. The largest absolute Gasteiger partial charge is 0.358 e. The molecule has 7 nitrogen and oxygen atoms in total. The van der Waals surface area contributed by atoms with Crippen molar-refractivity contribution in [3.63, 3.8) is 0 Å². The second kappa shape index (κ2) is 5.99. The lowest BCUT2D eigenvalue weighted by Gasteiger charge is -2.18. The second-order valence-electron chi connectivity index (χ2n) is 5.09. The van der Waals surface area contributed by atoms with Crippen molar-refractivity contribution in [2.24, 2.45) is 0 Å². The molecule has 3 rings (SSSR count). The molecule has 1 aromatic carbocycles. The van der Waals surface area contributed by atoms with Crippen LogP contribution in [-0.2, 0) is 4.79 Å². The van der Waals surface area contributed by atoms with E-state index in [0.29, 0.717) is 18.8 Å². The number of amides is 1. The number of carbonyl (C=O) groups is 1. The van der Waals surface area contributed by atoms with Crippen molar-refractivity contribution < 1.29 is 14.1 Å². The molecule has 2 aromatic rings. The number of aromatic nitrogens is 1. The van der Waals surface area contributed by atoms with Gasteiger partial charge in [0.2, 0.25) is 5.91 Å². The summed E-state index contributed by atoms with van der Waals surface area (Å²) in [6, 6.07) is 8.31. The van der Waals surface area contributed by atoms with E-state index in [2.05, 4.69) is 10.3 Å². The van der Waals surface area contributed by atoms with E-state index >= 15 is 0 Å². The van der Waals surface area contributed by atoms with E-state index < -0.39 is 16.8 Å². The number of nitrogens with one attached hydrogen (secondary N) is 1. The smallest absolute Gasteiger partial charge is 0.287 e. The van der Waals surface area contributed by atoms with Crippen molar-refractivity contribution in [3.05, 3.63) is 58.5 Å². The number of hydrogen-bond acceptors (Lipinski definition) is 5. The van der Waals surface area contributed by atoms with Gasteiger partial charge in [0, 0.05) is 12.6 Å². The Balaban J connectivity index is 1.72. The van der Waals surface area contributed by atoms with Gasteiger partial charge in [0.05, 0.1) is 10.6 Å². The van der Waals surface area contributed by atoms with Gasteiger partial charge in [-0.15, -0.1) is 0 Å². The number of nitro groups is 1. The molecule has 1 aliphatic heterocycles. The molecule has 2 heterocycles. The fourth-order valence-corrected chi connectivity index (χ4v) is 2.48. The average Bonchev–Trinajstić information content (AvgIpc) is 2.89. The zero-order chi connectivity index (χ0) is 16.4. The number of nitrogens with zero attached hydrogens (tertiary/aromatic N) is 3. The van der Waals surface area contributed by atoms with E-state index in [1.807, 2.05) is 0 Å². The summed E-state index contributed by atoms with van der Waals surface area (Å²) in [4.78, 5) is 27.7. The van der Waals surface area contributed by atoms with Gasteiger partial charge in [-0.25, -0.2) is 9.37 Å². The molecular formula is C15H13FN4O3. The van der Waals surface area contributed by atoms with Crippen molar-refractivity contribution in [3.8, 4) is 0 Å². The third kappa shape index (κ3) is 2.96. The average molecular weight is 316 g/mol. The first-order chi connectivity index (χ1) is 11.1. The maximum Gasteiger partial charge on any atom is 0.287 e. The number of anilines is 2. The monoisotopic (exact) mass is 316 g/mol. The minimum Gasteiger partial charge on any atom is -0.358 e. The topological polar surface area (TPSA) is 88.4 Å². The standard InChI is InChI=1S/C15H13FN4O3/c16-11-3-1-2-4-13(11)19-8-7-12(15(19)21)18-14-6-5-10(9-17-14)20(22)23/h1-6,9,12H,7-8H2,(H,17,18)/t12-/m1/s1. The number of hydrogen-bond donors (Lipinski definition) is 1. The van der Waals surface area contributed by atoms with Gasteiger partial charge in [-0.2, -0.15) is 0 Å². The Kier molecular flexibility index (Phi) is 3.88. The number of benzene rings is 1. The molecule has 0 aliphatic carbocycles. The molecule has 1 amide bonds. The van der Waals surface area contributed by atoms with Gasteiger partial charge >= 0.3 is 0 Å². The molecule has 1 atom stereocenters. The summed E-state index contributed by atoms with van der Waals surface area (Å²) in [5, 5.41) is 13.5. The van der Waals surface area contributed by atoms with Crippen molar-refractivity contribution in [1.29, 1.82) is 0 Å². The molecule has 0 spiro atoms. The molecule has 0 radical (unpaired) electrons. The van der Waals surface area contributed by atoms with Crippen LogP contribution in [-0.4, -0.2) is 28.4 Å². The number of para-hydroxylation sites is 1. The number of pyridine rings is 1. The van der Waals surface area contributed by atoms with Crippen LogP contribution in [0, 0.1) is 15.9 Å². The lowest BCUT2D eigenvalue weighted by Crippen LogP contribution is -2.34. The molecule has 0 saturated carbocycles. The van der Waals surface area contributed by atoms with Gasteiger partial charge in [0.1, 0.15) is 23.9 Å². The van der Waals surface area contributed by atoms with E-state index in [4.69, 9.17) is 0 Å². The minimum absolute atomic E-state index is 0.124. The van der Waals surface area contributed by atoms with E-state index in [1.165, 1.54) is 23.1 Å². The maximum atomic E-state index is 13.8. The van der Waals surface area contributed by atoms with E-state index in [-0.39, 0.29) is 17.3 Å². The van der Waals surface area contributed by atoms with Crippen molar-refractivity contribution in [2.45, 2.75) is 12.5 Å². The van der Waals surface area contributed by atoms with Gasteiger partial charge in [-0.1, -0.05) is 12.1 Å². The highest BCUT2D eigenvalue weighted by molar-refractivity contribution is 6.01. The highest BCUT2D eigenvalue weighted by atomic mass is 19.1. The van der Waals surface area contributed by atoms with Crippen LogP contribution in [0.2, 0.25) is 0 Å². The highest BCUT2D eigenvalue weighted by Crippen LogP contribution is 2.25. The van der Waals surface area contributed by atoms with Crippen LogP contribution < -0.4 is 10.2 Å². The summed E-state index contributed by atoms with van der Waals surface area (Å²) < 4.78 is 13.8. The van der Waals surface area contributed by atoms with Gasteiger partial charge in [-0.05, 0) is 24.6 Å². The SMILES string of the molecule is O=C1[C@H](Nc2ccc([N+](=O)[O-])cn2)CCN1c1ccccc1F. The number of carbonyl (C=O) groups excluding carboxylic acids is 1. The normalized spacial score (nSPS) is 17.3. The summed E-state index contributed by atoms with van der Waals surface area (Å²) >= 11 is 0. The molecule has 118 valence electrons. The quantitative estimate of drug-likeness (QED) is 0.691. The van der Waals surface area contributed by atoms with E-state index in [9.17, 15) is 19.3 Å². The first-order valence-corrected chi connectivity index (χ1v) is 6.99. The predicted molar refractivity (Wildman–Crippen MR) is 81.7 cm³/mol. The Morgan fingerprint density at radius 3 is 2.74 bits per heavy atom. The molecule has 1 N–H and O–H groups in total. The van der Waals surface area contributed by atoms with E-state index in [1.54, 1.807) is 18.2 Å². The molecule has 1 fully saturated rings. The van der Waals surface area contributed by atoms with Crippen LogP contribution in [0.5, 0.6) is 0 Å². The van der Waals surface area contributed by atoms with Crippen LogP contribution >= 0.6 is 0 Å². The van der Waals surface area contributed by atoms with E-state index in [0.717, 1.165) is 6.20 Å². The zero-order valence-electron chi connectivity index (χ0n) is 12.0. The molecular weight excluding hydrogens is 303 g/mol. The summed E-state index contributed by atoms with van der Waals surface area (Å²) in [6.07, 6.45) is 1.61. The minimum atomic E-state index is -0.544. The van der Waals surface area contributed by atoms with Gasteiger partial charge in [-0.3, -0.25) is 14.9 Å². The van der Waals surface area contributed by atoms with Crippen LogP contribution in [0.25, 0.3) is 0 Å². The molecule has 0 bridgehead atoms. The lowest BCUT2D eigenvalue weighted by molar-refractivity contribution is -0.385. The van der Waals surface area contributed by atoms with Crippen LogP contribution in [0.15, 0.2) is 42.6 Å².